The fraction of sp³-hybridized carbons (Fsp3) is 0.647. The van der Waals surface area contributed by atoms with Crippen LogP contribution in [0.2, 0.25) is 0 Å². The summed E-state index contributed by atoms with van der Waals surface area (Å²) in [4.78, 5) is 2.59. The molecular formula is C17H28N2. The minimum Gasteiger partial charge on any atom is -0.329 e. The van der Waals surface area contributed by atoms with Crippen molar-refractivity contribution >= 4 is 0 Å². The van der Waals surface area contributed by atoms with E-state index in [2.05, 4.69) is 50.8 Å². The van der Waals surface area contributed by atoms with E-state index in [0.717, 1.165) is 11.8 Å². The normalized spacial score (nSPS) is 26.4. The predicted octanol–water partition coefficient (Wildman–Crippen LogP) is 3.28. The molecule has 3 unspecified atom stereocenters. The van der Waals surface area contributed by atoms with Crippen LogP contribution in [0.5, 0.6) is 0 Å². The number of aryl methyl sites for hydroxylation is 2. The minimum atomic E-state index is 0.385. The highest BCUT2D eigenvalue weighted by atomic mass is 15.2. The average molecular weight is 260 g/mol. The van der Waals surface area contributed by atoms with Gasteiger partial charge in [0, 0.05) is 19.1 Å². The van der Waals surface area contributed by atoms with Gasteiger partial charge in [-0.1, -0.05) is 37.6 Å². The van der Waals surface area contributed by atoms with Gasteiger partial charge in [-0.25, -0.2) is 0 Å². The molecule has 0 spiro atoms. The summed E-state index contributed by atoms with van der Waals surface area (Å²) in [6.45, 7) is 12.2. The maximum Gasteiger partial charge on any atom is 0.0473 e. The van der Waals surface area contributed by atoms with Crippen LogP contribution in [0.1, 0.15) is 43.0 Å². The molecule has 3 atom stereocenters. The molecular weight excluding hydrogens is 232 g/mol. The molecule has 1 aromatic carbocycles. The van der Waals surface area contributed by atoms with Gasteiger partial charge < -0.3 is 5.73 Å². The van der Waals surface area contributed by atoms with Crippen LogP contribution in [0.25, 0.3) is 0 Å². The number of hydrogen-bond acceptors (Lipinski definition) is 2. The third-order valence-electron chi connectivity index (χ3n) is 4.81. The van der Waals surface area contributed by atoms with E-state index in [0.29, 0.717) is 12.6 Å². The molecule has 19 heavy (non-hydrogen) atoms. The molecule has 2 heteroatoms. The maximum atomic E-state index is 6.08. The van der Waals surface area contributed by atoms with Crippen molar-refractivity contribution in [3.8, 4) is 0 Å². The van der Waals surface area contributed by atoms with Crippen molar-refractivity contribution in [2.75, 3.05) is 19.6 Å². The van der Waals surface area contributed by atoms with Crippen LogP contribution in [-0.2, 0) is 0 Å². The van der Waals surface area contributed by atoms with Crippen molar-refractivity contribution in [1.29, 1.82) is 0 Å². The van der Waals surface area contributed by atoms with Gasteiger partial charge in [0.2, 0.25) is 0 Å². The SMILES string of the molecule is Cc1ccc(C(CN)N2CCC(C)C(C)C2)c(C)c1. The van der Waals surface area contributed by atoms with E-state index in [-0.39, 0.29) is 0 Å². The first-order valence-corrected chi connectivity index (χ1v) is 7.54. The van der Waals surface area contributed by atoms with Gasteiger partial charge in [-0.2, -0.15) is 0 Å². The minimum absolute atomic E-state index is 0.385. The molecule has 0 aromatic heterocycles. The molecule has 1 aromatic rings. The largest absolute Gasteiger partial charge is 0.329 e. The second-order valence-electron chi connectivity index (χ2n) is 6.35. The Bertz CT molecular complexity index is 427. The van der Waals surface area contributed by atoms with E-state index in [1.807, 2.05) is 0 Å². The molecule has 106 valence electrons. The van der Waals surface area contributed by atoms with E-state index in [4.69, 9.17) is 5.73 Å². The second-order valence-corrected chi connectivity index (χ2v) is 6.35. The summed E-state index contributed by atoms with van der Waals surface area (Å²) in [6, 6.07) is 7.13. The second kappa shape index (κ2) is 6.06. The molecule has 2 nitrogen and oxygen atoms in total. The van der Waals surface area contributed by atoms with Gasteiger partial charge in [0.1, 0.15) is 0 Å². The van der Waals surface area contributed by atoms with E-state index in [9.17, 15) is 0 Å². The summed E-state index contributed by atoms with van der Waals surface area (Å²) in [5.74, 6) is 1.61. The van der Waals surface area contributed by atoms with Gasteiger partial charge in [0.15, 0.2) is 0 Å². The highest BCUT2D eigenvalue weighted by Gasteiger charge is 2.28. The lowest BCUT2D eigenvalue weighted by Crippen LogP contribution is -2.43. The van der Waals surface area contributed by atoms with Gasteiger partial charge in [-0.15, -0.1) is 0 Å². The maximum absolute atomic E-state index is 6.08. The van der Waals surface area contributed by atoms with Crippen molar-refractivity contribution in [2.24, 2.45) is 17.6 Å². The molecule has 2 rings (SSSR count). The van der Waals surface area contributed by atoms with Crippen LogP contribution in [0.15, 0.2) is 18.2 Å². The van der Waals surface area contributed by atoms with E-state index in [1.54, 1.807) is 0 Å². The summed E-state index contributed by atoms with van der Waals surface area (Å²) >= 11 is 0. The Balaban J connectivity index is 2.20. The first kappa shape index (κ1) is 14.5. The van der Waals surface area contributed by atoms with E-state index in [1.165, 1.54) is 36.2 Å². The molecule has 1 saturated heterocycles. The fourth-order valence-electron chi connectivity index (χ4n) is 3.25. The quantitative estimate of drug-likeness (QED) is 0.903. The number of nitrogens with two attached hydrogens (primary N) is 1. The Morgan fingerprint density at radius 3 is 2.58 bits per heavy atom. The summed E-state index contributed by atoms with van der Waals surface area (Å²) in [5.41, 5.74) is 10.2. The number of likely N-dealkylation sites (tertiary alicyclic amines) is 1. The molecule has 0 amide bonds. The first-order chi connectivity index (χ1) is 9.02. The van der Waals surface area contributed by atoms with Gasteiger partial charge >= 0.3 is 0 Å². The molecule has 0 radical (unpaired) electrons. The number of nitrogens with zero attached hydrogens (tertiary/aromatic N) is 1. The van der Waals surface area contributed by atoms with Gasteiger partial charge in [-0.3, -0.25) is 4.90 Å². The van der Waals surface area contributed by atoms with Crippen molar-refractivity contribution in [3.05, 3.63) is 34.9 Å². The third kappa shape index (κ3) is 3.18. The van der Waals surface area contributed by atoms with Crippen molar-refractivity contribution in [2.45, 2.75) is 40.2 Å². The first-order valence-electron chi connectivity index (χ1n) is 7.54. The zero-order valence-electron chi connectivity index (χ0n) is 12.8. The van der Waals surface area contributed by atoms with Crippen molar-refractivity contribution in [1.82, 2.24) is 4.90 Å². The zero-order valence-corrected chi connectivity index (χ0v) is 12.8. The van der Waals surface area contributed by atoms with Gasteiger partial charge in [0.05, 0.1) is 0 Å². The predicted molar refractivity (Wildman–Crippen MR) is 82.2 cm³/mol. The van der Waals surface area contributed by atoms with Gasteiger partial charge in [0.25, 0.3) is 0 Å². The number of piperidine rings is 1. The molecule has 1 aliphatic rings. The highest BCUT2D eigenvalue weighted by Crippen LogP contribution is 2.30. The summed E-state index contributed by atoms with van der Waals surface area (Å²) < 4.78 is 0. The molecule has 1 aliphatic heterocycles. The molecule has 2 N–H and O–H groups in total. The van der Waals surface area contributed by atoms with Gasteiger partial charge in [-0.05, 0) is 49.8 Å². The van der Waals surface area contributed by atoms with Crippen LogP contribution in [0.4, 0.5) is 0 Å². The van der Waals surface area contributed by atoms with Crippen LogP contribution < -0.4 is 5.73 Å². The van der Waals surface area contributed by atoms with Crippen LogP contribution in [-0.4, -0.2) is 24.5 Å². The van der Waals surface area contributed by atoms with Crippen LogP contribution in [0, 0.1) is 25.7 Å². The average Bonchev–Trinajstić information content (AvgIpc) is 2.37. The number of benzene rings is 1. The standard InChI is InChI=1S/C17H28N2/c1-12-5-6-16(14(3)9-12)17(10-18)19-8-7-13(2)15(4)11-19/h5-6,9,13,15,17H,7-8,10-11,18H2,1-4H3. The molecule has 1 heterocycles. The van der Waals surface area contributed by atoms with Crippen LogP contribution >= 0.6 is 0 Å². The summed E-state index contributed by atoms with van der Waals surface area (Å²) in [5, 5.41) is 0. The Morgan fingerprint density at radius 1 is 1.26 bits per heavy atom. The van der Waals surface area contributed by atoms with Crippen molar-refractivity contribution < 1.29 is 0 Å². The molecule has 0 aliphatic carbocycles. The Hall–Kier alpha value is -0.860. The smallest absolute Gasteiger partial charge is 0.0473 e. The highest BCUT2D eigenvalue weighted by molar-refractivity contribution is 5.33. The summed E-state index contributed by atoms with van der Waals surface area (Å²) in [7, 11) is 0. The molecule has 1 fully saturated rings. The monoisotopic (exact) mass is 260 g/mol. The lowest BCUT2D eigenvalue weighted by atomic mass is 9.86. The number of rotatable bonds is 3. The topological polar surface area (TPSA) is 29.3 Å². The third-order valence-corrected chi connectivity index (χ3v) is 4.81. The molecule has 0 saturated carbocycles. The molecule has 0 bridgehead atoms. The number of hydrogen-bond donors (Lipinski definition) is 1. The Labute approximate surface area is 118 Å². The fourth-order valence-corrected chi connectivity index (χ4v) is 3.25. The Morgan fingerprint density at radius 2 is 2.00 bits per heavy atom. The lowest BCUT2D eigenvalue weighted by Gasteiger charge is -2.40. The van der Waals surface area contributed by atoms with E-state index >= 15 is 0 Å². The zero-order chi connectivity index (χ0) is 14.0. The Kier molecular flexibility index (Phi) is 4.64. The summed E-state index contributed by atoms with van der Waals surface area (Å²) in [6.07, 6.45) is 1.29. The lowest BCUT2D eigenvalue weighted by molar-refractivity contribution is 0.0980. The van der Waals surface area contributed by atoms with Crippen LogP contribution in [0.3, 0.4) is 0 Å². The van der Waals surface area contributed by atoms with E-state index < -0.39 is 0 Å². The van der Waals surface area contributed by atoms with Crippen molar-refractivity contribution in [3.63, 3.8) is 0 Å².